The minimum absolute atomic E-state index is 0.0456. The molecule has 7 heteroatoms. The molecule has 2 aromatic rings. The lowest BCUT2D eigenvalue weighted by Gasteiger charge is -2.14. The molecule has 0 amide bonds. The van der Waals surface area contributed by atoms with Crippen LogP contribution in [-0.2, 0) is 0 Å². The Morgan fingerprint density at radius 1 is 1.29 bits per heavy atom. The fraction of sp³-hybridized carbons (Fsp3) is 0.143. The van der Waals surface area contributed by atoms with Crippen LogP contribution in [0.1, 0.15) is 11.7 Å². The van der Waals surface area contributed by atoms with Crippen molar-refractivity contribution >= 4 is 27.3 Å². The Balaban J connectivity index is 2.04. The summed E-state index contributed by atoms with van der Waals surface area (Å²) in [5, 5.41) is 23.4. The molecule has 0 radical (unpaired) electrons. The molecule has 0 saturated heterocycles. The van der Waals surface area contributed by atoms with Gasteiger partial charge in [0.2, 0.25) is 0 Å². The van der Waals surface area contributed by atoms with Gasteiger partial charge in [-0.25, -0.2) is 4.39 Å². The molecule has 0 aliphatic carbocycles. The zero-order valence-electron chi connectivity index (χ0n) is 10.8. The molecule has 2 rings (SSSR count). The van der Waals surface area contributed by atoms with E-state index < -0.39 is 16.8 Å². The zero-order valence-corrected chi connectivity index (χ0v) is 12.4. The molecular weight excluding hydrogens is 343 g/mol. The summed E-state index contributed by atoms with van der Waals surface area (Å²) in [5.74, 6) is -0.430. The van der Waals surface area contributed by atoms with Crippen molar-refractivity contribution in [2.45, 2.75) is 6.10 Å². The van der Waals surface area contributed by atoms with Gasteiger partial charge in [0.15, 0.2) is 0 Å². The molecule has 1 atom stereocenters. The number of hydrogen-bond acceptors (Lipinski definition) is 4. The summed E-state index contributed by atoms with van der Waals surface area (Å²) in [5.41, 5.74) is 0.731. The van der Waals surface area contributed by atoms with Gasteiger partial charge in [-0.3, -0.25) is 10.1 Å². The predicted octanol–water partition coefficient (Wildman–Crippen LogP) is 3.64. The van der Waals surface area contributed by atoms with Gasteiger partial charge in [0.1, 0.15) is 5.82 Å². The van der Waals surface area contributed by atoms with Crippen molar-refractivity contribution < 1.29 is 14.4 Å². The van der Waals surface area contributed by atoms with Crippen LogP contribution in [0.2, 0.25) is 0 Å². The number of benzene rings is 2. The molecule has 0 aliphatic rings. The second-order valence-corrected chi connectivity index (χ2v) is 5.20. The number of rotatable bonds is 5. The third kappa shape index (κ3) is 3.77. The van der Waals surface area contributed by atoms with E-state index in [-0.39, 0.29) is 17.9 Å². The van der Waals surface area contributed by atoms with Crippen LogP contribution in [0.5, 0.6) is 0 Å². The highest BCUT2D eigenvalue weighted by Gasteiger charge is 2.12. The van der Waals surface area contributed by atoms with Crippen LogP contribution >= 0.6 is 15.9 Å². The average Bonchev–Trinajstić information content (AvgIpc) is 2.46. The van der Waals surface area contributed by atoms with E-state index >= 15 is 0 Å². The third-order valence-corrected chi connectivity index (χ3v) is 3.58. The van der Waals surface area contributed by atoms with E-state index in [4.69, 9.17) is 0 Å². The fourth-order valence-electron chi connectivity index (χ4n) is 1.80. The Morgan fingerprint density at radius 2 is 1.95 bits per heavy atom. The van der Waals surface area contributed by atoms with Crippen LogP contribution in [0.3, 0.4) is 0 Å². The Kier molecular flexibility index (Phi) is 4.87. The van der Waals surface area contributed by atoms with Gasteiger partial charge in [0, 0.05) is 23.2 Å². The van der Waals surface area contributed by atoms with Crippen molar-refractivity contribution in [2.24, 2.45) is 0 Å². The minimum Gasteiger partial charge on any atom is -0.387 e. The minimum atomic E-state index is -0.905. The number of nitro benzene ring substituents is 1. The van der Waals surface area contributed by atoms with Crippen molar-refractivity contribution in [1.29, 1.82) is 0 Å². The van der Waals surface area contributed by atoms with E-state index in [0.717, 1.165) is 0 Å². The molecule has 0 saturated carbocycles. The molecule has 0 bridgehead atoms. The summed E-state index contributed by atoms with van der Waals surface area (Å²) in [6.07, 6.45) is -0.905. The van der Waals surface area contributed by atoms with E-state index in [1.165, 1.54) is 30.3 Å². The molecule has 1 unspecified atom stereocenters. The number of aliphatic hydroxyl groups excluding tert-OH is 1. The molecule has 2 N–H and O–H groups in total. The molecule has 110 valence electrons. The van der Waals surface area contributed by atoms with Crippen molar-refractivity contribution in [3.8, 4) is 0 Å². The maximum atomic E-state index is 13.6. The number of hydrogen-bond donors (Lipinski definition) is 2. The summed E-state index contributed by atoms with van der Waals surface area (Å²) in [6.45, 7) is 0.0807. The van der Waals surface area contributed by atoms with E-state index in [9.17, 15) is 19.6 Å². The zero-order chi connectivity index (χ0) is 15.4. The molecule has 0 fully saturated rings. The monoisotopic (exact) mass is 354 g/mol. The first-order chi connectivity index (χ1) is 9.99. The SMILES string of the molecule is O=[N+]([O-])c1ccc(C(O)CNc2c(F)cccc2Br)cc1. The molecule has 5 nitrogen and oxygen atoms in total. The lowest BCUT2D eigenvalue weighted by atomic mass is 10.1. The van der Waals surface area contributed by atoms with Crippen LogP contribution in [0, 0.1) is 15.9 Å². The molecule has 0 heterocycles. The molecule has 0 aromatic heterocycles. The lowest BCUT2D eigenvalue weighted by Crippen LogP contribution is -2.13. The molecule has 21 heavy (non-hydrogen) atoms. The second-order valence-electron chi connectivity index (χ2n) is 4.34. The number of nitrogens with zero attached hydrogens (tertiary/aromatic N) is 1. The van der Waals surface area contributed by atoms with Gasteiger partial charge in [-0.15, -0.1) is 0 Å². The Bertz CT molecular complexity index is 629. The quantitative estimate of drug-likeness (QED) is 0.634. The van der Waals surface area contributed by atoms with Crippen LogP contribution in [0.4, 0.5) is 15.8 Å². The van der Waals surface area contributed by atoms with Gasteiger partial charge in [-0.2, -0.15) is 0 Å². The Labute approximate surface area is 128 Å². The first-order valence-corrected chi connectivity index (χ1v) is 6.88. The van der Waals surface area contributed by atoms with Crippen molar-refractivity contribution in [3.05, 3.63) is 68.4 Å². The summed E-state index contributed by atoms with van der Waals surface area (Å²) in [6, 6.07) is 10.1. The smallest absolute Gasteiger partial charge is 0.269 e. The Morgan fingerprint density at radius 3 is 2.52 bits per heavy atom. The number of para-hydroxylation sites is 1. The summed E-state index contributed by atoms with van der Waals surface area (Å²) < 4.78 is 14.2. The van der Waals surface area contributed by atoms with Gasteiger partial charge in [0.05, 0.1) is 16.7 Å². The number of aliphatic hydroxyl groups is 1. The van der Waals surface area contributed by atoms with Gasteiger partial charge < -0.3 is 10.4 Å². The summed E-state index contributed by atoms with van der Waals surface area (Å²) in [7, 11) is 0. The predicted molar refractivity (Wildman–Crippen MR) is 80.6 cm³/mol. The second kappa shape index (κ2) is 6.64. The number of nitro groups is 1. The highest BCUT2D eigenvalue weighted by atomic mass is 79.9. The van der Waals surface area contributed by atoms with Gasteiger partial charge >= 0.3 is 0 Å². The van der Waals surface area contributed by atoms with E-state index in [0.29, 0.717) is 10.0 Å². The fourth-order valence-corrected chi connectivity index (χ4v) is 2.28. The summed E-state index contributed by atoms with van der Waals surface area (Å²) >= 11 is 3.22. The van der Waals surface area contributed by atoms with Crippen molar-refractivity contribution in [1.82, 2.24) is 0 Å². The molecule has 2 aromatic carbocycles. The summed E-state index contributed by atoms with van der Waals surface area (Å²) in [4.78, 5) is 10.0. The number of nitrogens with one attached hydrogen (secondary N) is 1. The van der Waals surface area contributed by atoms with E-state index in [1.54, 1.807) is 12.1 Å². The largest absolute Gasteiger partial charge is 0.387 e. The molecule has 0 aliphatic heterocycles. The number of anilines is 1. The average molecular weight is 355 g/mol. The number of halogens is 2. The van der Waals surface area contributed by atoms with Crippen molar-refractivity contribution in [3.63, 3.8) is 0 Å². The number of non-ortho nitro benzene ring substituents is 1. The van der Waals surface area contributed by atoms with Crippen LogP contribution in [0.15, 0.2) is 46.9 Å². The van der Waals surface area contributed by atoms with Crippen LogP contribution in [0.25, 0.3) is 0 Å². The van der Waals surface area contributed by atoms with Gasteiger partial charge in [-0.1, -0.05) is 6.07 Å². The standard InChI is InChI=1S/C14H12BrFN2O3/c15-11-2-1-3-12(16)14(11)17-8-13(19)9-4-6-10(7-5-9)18(20)21/h1-7,13,17,19H,8H2. The Hall–Kier alpha value is -1.99. The molecule has 0 spiro atoms. The maximum Gasteiger partial charge on any atom is 0.269 e. The van der Waals surface area contributed by atoms with E-state index in [2.05, 4.69) is 21.2 Å². The molecular formula is C14H12BrFN2O3. The topological polar surface area (TPSA) is 75.4 Å². The first-order valence-electron chi connectivity index (χ1n) is 6.09. The van der Waals surface area contributed by atoms with Gasteiger partial charge in [0.25, 0.3) is 5.69 Å². The van der Waals surface area contributed by atoms with Crippen molar-refractivity contribution in [2.75, 3.05) is 11.9 Å². The van der Waals surface area contributed by atoms with Gasteiger partial charge in [-0.05, 0) is 45.8 Å². The van der Waals surface area contributed by atoms with E-state index in [1.807, 2.05) is 0 Å². The highest BCUT2D eigenvalue weighted by molar-refractivity contribution is 9.10. The van der Waals surface area contributed by atoms with Crippen LogP contribution in [-0.4, -0.2) is 16.6 Å². The maximum absolute atomic E-state index is 13.6. The third-order valence-electron chi connectivity index (χ3n) is 2.92. The normalized spacial score (nSPS) is 12.0. The highest BCUT2D eigenvalue weighted by Crippen LogP contribution is 2.26. The van der Waals surface area contributed by atoms with Crippen LogP contribution < -0.4 is 5.32 Å². The lowest BCUT2D eigenvalue weighted by molar-refractivity contribution is -0.384. The first kappa shape index (κ1) is 15.4.